The highest BCUT2D eigenvalue weighted by Crippen LogP contribution is 2.34. The van der Waals surface area contributed by atoms with Crippen LogP contribution in [0.5, 0.6) is 0 Å². The van der Waals surface area contributed by atoms with Gasteiger partial charge >= 0.3 is 6.03 Å². The van der Waals surface area contributed by atoms with Crippen LogP contribution in [0.3, 0.4) is 0 Å². The van der Waals surface area contributed by atoms with E-state index in [0.717, 1.165) is 17.8 Å². The van der Waals surface area contributed by atoms with Gasteiger partial charge in [0.2, 0.25) is 0 Å². The maximum absolute atomic E-state index is 12.1. The number of anilines is 2. The summed E-state index contributed by atoms with van der Waals surface area (Å²) >= 11 is 5.93. The number of para-hydroxylation sites is 1. The van der Waals surface area contributed by atoms with Crippen LogP contribution in [0.2, 0.25) is 5.02 Å². The molecule has 0 saturated carbocycles. The Balaban J connectivity index is 2.03. The largest absolute Gasteiger partial charge is 0.371 e. The van der Waals surface area contributed by atoms with Crippen LogP contribution in [-0.2, 0) is 4.74 Å². The van der Waals surface area contributed by atoms with Gasteiger partial charge in [0, 0.05) is 23.7 Å². The fourth-order valence-corrected chi connectivity index (χ4v) is 2.83. The summed E-state index contributed by atoms with van der Waals surface area (Å²) in [5.41, 5.74) is 7.94. The Labute approximate surface area is 140 Å². The molecule has 1 saturated heterocycles. The van der Waals surface area contributed by atoms with Gasteiger partial charge in [-0.25, -0.2) is 4.79 Å². The molecule has 5 nitrogen and oxygen atoms in total. The van der Waals surface area contributed by atoms with Crippen molar-refractivity contribution in [3.63, 3.8) is 0 Å². The highest BCUT2D eigenvalue weighted by Gasteiger charge is 2.24. The number of urea groups is 1. The first-order valence-corrected chi connectivity index (χ1v) is 7.81. The van der Waals surface area contributed by atoms with Crippen LogP contribution < -0.4 is 16.0 Å². The maximum Gasteiger partial charge on any atom is 0.323 e. The molecule has 6 heteroatoms. The normalized spacial score (nSPS) is 17.7. The molecule has 1 aliphatic heterocycles. The summed E-state index contributed by atoms with van der Waals surface area (Å²) in [6, 6.07) is 14.1. The number of nitrogens with one attached hydrogen (secondary N) is 1. The average Bonchev–Trinajstić information content (AvgIpc) is 2.58. The molecular formula is C17H18ClN3O2. The summed E-state index contributed by atoms with van der Waals surface area (Å²) in [7, 11) is 0. The highest BCUT2D eigenvalue weighted by atomic mass is 35.5. The Morgan fingerprint density at radius 1 is 1.22 bits per heavy atom. The fraction of sp³-hybridized carbons (Fsp3) is 0.235. The number of morpholine rings is 1. The minimum absolute atomic E-state index is 0.117. The lowest BCUT2D eigenvalue weighted by Gasteiger charge is -2.29. The van der Waals surface area contributed by atoms with E-state index in [1.807, 2.05) is 24.3 Å². The van der Waals surface area contributed by atoms with Crippen LogP contribution in [0.1, 0.15) is 11.7 Å². The monoisotopic (exact) mass is 331 g/mol. The van der Waals surface area contributed by atoms with Crippen molar-refractivity contribution in [2.75, 3.05) is 24.6 Å². The van der Waals surface area contributed by atoms with Crippen LogP contribution in [0.4, 0.5) is 16.2 Å². The summed E-state index contributed by atoms with van der Waals surface area (Å²) in [6.07, 6.45) is -0.117. The van der Waals surface area contributed by atoms with Crippen molar-refractivity contribution >= 4 is 29.0 Å². The fourth-order valence-electron chi connectivity index (χ4n) is 2.70. The van der Waals surface area contributed by atoms with E-state index in [-0.39, 0.29) is 6.10 Å². The van der Waals surface area contributed by atoms with E-state index in [1.165, 1.54) is 4.90 Å². The zero-order valence-electron chi connectivity index (χ0n) is 12.5. The molecule has 1 atom stereocenters. The van der Waals surface area contributed by atoms with E-state index in [4.69, 9.17) is 22.1 Å². The summed E-state index contributed by atoms with van der Waals surface area (Å²) in [4.78, 5) is 13.6. The third-order valence-electron chi connectivity index (χ3n) is 3.76. The van der Waals surface area contributed by atoms with Crippen molar-refractivity contribution in [2.45, 2.75) is 6.10 Å². The molecule has 1 unspecified atom stereocenters. The van der Waals surface area contributed by atoms with Crippen molar-refractivity contribution in [1.29, 1.82) is 0 Å². The van der Waals surface area contributed by atoms with Gasteiger partial charge in [0.15, 0.2) is 0 Å². The van der Waals surface area contributed by atoms with Gasteiger partial charge in [-0.1, -0.05) is 29.8 Å². The number of halogens is 1. The molecule has 1 heterocycles. The Hall–Kier alpha value is -2.08. The van der Waals surface area contributed by atoms with Crippen LogP contribution in [0.15, 0.2) is 48.5 Å². The smallest absolute Gasteiger partial charge is 0.323 e. The Kier molecular flexibility index (Phi) is 4.81. The predicted molar refractivity (Wildman–Crippen MR) is 91.2 cm³/mol. The van der Waals surface area contributed by atoms with Gasteiger partial charge in [-0.3, -0.25) is 4.90 Å². The predicted octanol–water partition coefficient (Wildman–Crippen LogP) is 3.22. The molecule has 0 aromatic heterocycles. The molecule has 0 aliphatic carbocycles. The molecule has 120 valence electrons. The van der Waals surface area contributed by atoms with Gasteiger partial charge in [-0.05, 0) is 30.3 Å². The summed E-state index contributed by atoms with van der Waals surface area (Å²) in [5.74, 6) is 0. The molecule has 1 fully saturated rings. The lowest BCUT2D eigenvalue weighted by atomic mass is 10.0. The number of primary amides is 1. The quantitative estimate of drug-likeness (QED) is 0.907. The molecule has 2 aromatic carbocycles. The van der Waals surface area contributed by atoms with Crippen molar-refractivity contribution in [3.05, 3.63) is 59.1 Å². The SMILES string of the molecule is NC(=O)N(c1ccc(Cl)cc1)c1ccccc1C1CNCCO1. The first-order valence-electron chi connectivity index (χ1n) is 7.43. The average molecular weight is 332 g/mol. The number of hydrogen-bond donors (Lipinski definition) is 2. The molecule has 2 aromatic rings. The first kappa shape index (κ1) is 15.8. The third-order valence-corrected chi connectivity index (χ3v) is 4.01. The van der Waals surface area contributed by atoms with Crippen LogP contribution >= 0.6 is 11.6 Å². The number of amides is 2. The van der Waals surface area contributed by atoms with E-state index in [9.17, 15) is 4.79 Å². The lowest BCUT2D eigenvalue weighted by Crippen LogP contribution is -2.36. The molecule has 3 N–H and O–H groups in total. The van der Waals surface area contributed by atoms with Gasteiger partial charge in [-0.2, -0.15) is 0 Å². The van der Waals surface area contributed by atoms with Crippen molar-refractivity contribution in [3.8, 4) is 0 Å². The number of rotatable bonds is 3. The van der Waals surface area contributed by atoms with E-state index in [2.05, 4.69) is 5.32 Å². The van der Waals surface area contributed by atoms with Crippen LogP contribution in [0.25, 0.3) is 0 Å². The highest BCUT2D eigenvalue weighted by molar-refractivity contribution is 6.30. The minimum Gasteiger partial charge on any atom is -0.371 e. The van der Waals surface area contributed by atoms with Crippen molar-refractivity contribution < 1.29 is 9.53 Å². The van der Waals surface area contributed by atoms with E-state index < -0.39 is 6.03 Å². The first-order chi connectivity index (χ1) is 11.2. The van der Waals surface area contributed by atoms with Crippen molar-refractivity contribution in [2.24, 2.45) is 5.73 Å². The molecule has 0 radical (unpaired) electrons. The maximum atomic E-state index is 12.1. The Morgan fingerprint density at radius 2 is 1.96 bits per heavy atom. The number of ether oxygens (including phenoxy) is 1. The number of hydrogen-bond acceptors (Lipinski definition) is 3. The number of carbonyl (C=O) groups excluding carboxylic acids is 1. The molecule has 23 heavy (non-hydrogen) atoms. The second kappa shape index (κ2) is 7.00. The molecule has 0 bridgehead atoms. The second-order valence-electron chi connectivity index (χ2n) is 5.27. The minimum atomic E-state index is -0.552. The Bertz CT molecular complexity index is 684. The van der Waals surface area contributed by atoms with Crippen LogP contribution in [0, 0.1) is 0 Å². The van der Waals surface area contributed by atoms with Gasteiger partial charge in [0.1, 0.15) is 0 Å². The molecule has 1 aliphatic rings. The topological polar surface area (TPSA) is 67.6 Å². The van der Waals surface area contributed by atoms with E-state index in [0.29, 0.717) is 23.9 Å². The Morgan fingerprint density at radius 3 is 2.61 bits per heavy atom. The molecule has 2 amide bonds. The van der Waals surface area contributed by atoms with E-state index >= 15 is 0 Å². The molecular weight excluding hydrogens is 314 g/mol. The zero-order chi connectivity index (χ0) is 16.2. The van der Waals surface area contributed by atoms with Gasteiger partial charge in [0.05, 0.1) is 24.1 Å². The third kappa shape index (κ3) is 3.47. The van der Waals surface area contributed by atoms with Gasteiger partial charge < -0.3 is 15.8 Å². The second-order valence-corrected chi connectivity index (χ2v) is 5.71. The summed E-state index contributed by atoms with van der Waals surface area (Å²) < 4.78 is 5.83. The number of carbonyl (C=O) groups is 1. The molecule has 3 rings (SSSR count). The van der Waals surface area contributed by atoms with Gasteiger partial charge in [-0.15, -0.1) is 0 Å². The zero-order valence-corrected chi connectivity index (χ0v) is 13.3. The van der Waals surface area contributed by atoms with Crippen molar-refractivity contribution in [1.82, 2.24) is 5.32 Å². The number of nitrogens with zero attached hydrogens (tertiary/aromatic N) is 1. The number of nitrogens with two attached hydrogens (primary N) is 1. The van der Waals surface area contributed by atoms with Crippen LogP contribution in [-0.4, -0.2) is 25.7 Å². The lowest BCUT2D eigenvalue weighted by molar-refractivity contribution is 0.0280. The van der Waals surface area contributed by atoms with Gasteiger partial charge in [0.25, 0.3) is 0 Å². The molecule has 0 spiro atoms. The number of benzene rings is 2. The summed E-state index contributed by atoms with van der Waals surface area (Å²) in [6.45, 7) is 2.16. The summed E-state index contributed by atoms with van der Waals surface area (Å²) in [5, 5.41) is 3.90. The van der Waals surface area contributed by atoms with E-state index in [1.54, 1.807) is 24.3 Å². The standard InChI is InChI=1S/C17H18ClN3O2/c18-12-5-7-13(8-6-12)21(17(19)22)15-4-2-1-3-14(15)16-11-20-9-10-23-16/h1-8,16,20H,9-11H2,(H2,19,22).